The third-order valence-electron chi connectivity index (χ3n) is 3.53. The number of hydrogen-bond donors (Lipinski definition) is 1. The molecular formula is C11H17F3N2O3. The second-order valence-electron chi connectivity index (χ2n) is 4.51. The molecule has 1 unspecified atom stereocenters. The van der Waals surface area contributed by atoms with Gasteiger partial charge in [0, 0.05) is 26.2 Å². The molecule has 0 aromatic heterocycles. The lowest BCUT2D eigenvalue weighted by atomic mass is 9.86. The summed E-state index contributed by atoms with van der Waals surface area (Å²) in [7, 11) is 0. The van der Waals surface area contributed by atoms with Crippen LogP contribution in [0.4, 0.5) is 18.0 Å². The van der Waals surface area contributed by atoms with Gasteiger partial charge >= 0.3 is 18.2 Å². The molecule has 1 aliphatic heterocycles. The molecule has 1 rings (SSSR count). The quantitative estimate of drug-likeness (QED) is 0.858. The second kappa shape index (κ2) is 5.26. The van der Waals surface area contributed by atoms with Gasteiger partial charge in [-0.25, -0.2) is 4.79 Å². The van der Waals surface area contributed by atoms with Crippen molar-refractivity contribution >= 4 is 12.0 Å². The van der Waals surface area contributed by atoms with Gasteiger partial charge in [0.2, 0.25) is 0 Å². The lowest BCUT2D eigenvalue weighted by Crippen LogP contribution is -2.49. The highest BCUT2D eigenvalue weighted by atomic mass is 19.4. The number of rotatable bonds is 3. The Balaban J connectivity index is 2.92. The van der Waals surface area contributed by atoms with Gasteiger partial charge in [0.25, 0.3) is 0 Å². The number of halogens is 3. The zero-order chi connectivity index (χ0) is 14.8. The molecule has 8 heteroatoms. The summed E-state index contributed by atoms with van der Waals surface area (Å²) in [6.45, 7) is 3.16. The Labute approximate surface area is 109 Å². The van der Waals surface area contributed by atoms with Crippen molar-refractivity contribution in [3.8, 4) is 0 Å². The maximum Gasteiger partial charge on any atom is 0.406 e. The first-order chi connectivity index (χ1) is 8.69. The molecule has 110 valence electrons. The number of carbonyl (C=O) groups excluding carboxylic acids is 1. The normalized spacial score (nSPS) is 23.5. The fourth-order valence-corrected chi connectivity index (χ4v) is 2.19. The molecule has 0 bridgehead atoms. The van der Waals surface area contributed by atoms with Crippen LogP contribution in [-0.4, -0.2) is 59.3 Å². The zero-order valence-corrected chi connectivity index (χ0v) is 10.8. The zero-order valence-electron chi connectivity index (χ0n) is 10.8. The summed E-state index contributed by atoms with van der Waals surface area (Å²) >= 11 is 0. The van der Waals surface area contributed by atoms with E-state index in [1.807, 2.05) is 0 Å². The van der Waals surface area contributed by atoms with Crippen molar-refractivity contribution in [3.63, 3.8) is 0 Å². The number of amides is 2. The molecule has 1 heterocycles. The highest BCUT2D eigenvalue weighted by Crippen LogP contribution is 2.45. The van der Waals surface area contributed by atoms with E-state index in [1.165, 1.54) is 4.90 Å². The van der Waals surface area contributed by atoms with Crippen LogP contribution in [0.3, 0.4) is 0 Å². The Hall–Kier alpha value is -1.47. The highest BCUT2D eigenvalue weighted by molar-refractivity contribution is 5.80. The number of nitrogens with zero attached hydrogens (tertiary/aromatic N) is 2. The summed E-state index contributed by atoms with van der Waals surface area (Å²) in [6.07, 6.45) is -5.46. The Bertz CT molecular complexity index is 369. The smallest absolute Gasteiger partial charge is 0.406 e. The minimum absolute atomic E-state index is 0.193. The number of alkyl halides is 3. The lowest BCUT2D eigenvalue weighted by Gasteiger charge is -2.29. The van der Waals surface area contributed by atoms with Crippen LogP contribution in [0.25, 0.3) is 0 Å². The largest absolute Gasteiger partial charge is 0.481 e. The predicted octanol–water partition coefficient (Wildman–Crippen LogP) is 1.79. The number of carbonyl (C=O) groups is 2. The van der Waals surface area contributed by atoms with Crippen LogP contribution in [0.5, 0.6) is 0 Å². The Morgan fingerprint density at radius 1 is 1.32 bits per heavy atom. The van der Waals surface area contributed by atoms with Gasteiger partial charge in [0.15, 0.2) is 5.41 Å². The third-order valence-corrected chi connectivity index (χ3v) is 3.53. The number of aliphatic carboxylic acids is 1. The van der Waals surface area contributed by atoms with E-state index in [0.29, 0.717) is 13.1 Å². The molecule has 1 atom stereocenters. The van der Waals surface area contributed by atoms with Gasteiger partial charge in [-0.2, -0.15) is 13.2 Å². The van der Waals surface area contributed by atoms with E-state index >= 15 is 0 Å². The Morgan fingerprint density at radius 2 is 1.84 bits per heavy atom. The topological polar surface area (TPSA) is 60.9 Å². The fourth-order valence-electron chi connectivity index (χ4n) is 2.19. The average molecular weight is 282 g/mol. The van der Waals surface area contributed by atoms with E-state index in [0.717, 1.165) is 4.90 Å². The van der Waals surface area contributed by atoms with Crippen molar-refractivity contribution in [2.75, 3.05) is 26.2 Å². The summed E-state index contributed by atoms with van der Waals surface area (Å²) in [4.78, 5) is 25.2. The minimum Gasteiger partial charge on any atom is -0.481 e. The first-order valence-electron chi connectivity index (χ1n) is 6.03. The molecule has 0 aromatic rings. The van der Waals surface area contributed by atoms with Crippen molar-refractivity contribution in [2.45, 2.75) is 26.4 Å². The molecule has 0 radical (unpaired) electrons. The van der Waals surface area contributed by atoms with Crippen molar-refractivity contribution in [2.24, 2.45) is 5.41 Å². The molecule has 5 nitrogen and oxygen atoms in total. The van der Waals surface area contributed by atoms with Crippen LogP contribution in [0.2, 0.25) is 0 Å². The summed E-state index contributed by atoms with van der Waals surface area (Å²) < 4.78 is 38.8. The van der Waals surface area contributed by atoms with E-state index in [4.69, 9.17) is 5.11 Å². The molecule has 0 aromatic carbocycles. The van der Waals surface area contributed by atoms with Crippen molar-refractivity contribution in [1.29, 1.82) is 0 Å². The van der Waals surface area contributed by atoms with E-state index in [9.17, 15) is 22.8 Å². The van der Waals surface area contributed by atoms with Gasteiger partial charge < -0.3 is 14.9 Å². The van der Waals surface area contributed by atoms with Gasteiger partial charge in [-0.05, 0) is 20.3 Å². The molecular weight excluding hydrogens is 265 g/mol. The Morgan fingerprint density at radius 3 is 2.16 bits per heavy atom. The molecule has 0 spiro atoms. The molecule has 0 saturated carbocycles. The summed E-state index contributed by atoms with van der Waals surface area (Å²) in [5, 5.41) is 8.88. The van der Waals surface area contributed by atoms with E-state index in [2.05, 4.69) is 0 Å². The summed E-state index contributed by atoms with van der Waals surface area (Å²) in [5.74, 6) is -1.92. The van der Waals surface area contributed by atoms with Crippen LogP contribution in [0.1, 0.15) is 20.3 Å². The van der Waals surface area contributed by atoms with E-state index in [-0.39, 0.29) is 6.54 Å². The number of likely N-dealkylation sites (tertiary alicyclic amines) is 1. The van der Waals surface area contributed by atoms with Crippen LogP contribution in [-0.2, 0) is 4.79 Å². The monoisotopic (exact) mass is 282 g/mol. The molecule has 1 N–H and O–H groups in total. The summed E-state index contributed by atoms with van der Waals surface area (Å²) in [5.41, 5.74) is -2.84. The molecule has 0 aliphatic carbocycles. The Kier molecular flexibility index (Phi) is 4.32. The number of carboxylic acids is 1. The second-order valence-corrected chi connectivity index (χ2v) is 4.51. The molecule has 2 amide bonds. The predicted molar refractivity (Wildman–Crippen MR) is 60.6 cm³/mol. The standard InChI is InChI=1S/C11H17F3N2O3/c1-3-15(4-2)9(19)16-6-5-10(7-16,8(17)18)11(12,13)14/h3-7H2,1-2H3,(H,17,18). The van der Waals surface area contributed by atoms with Gasteiger partial charge in [0.1, 0.15) is 0 Å². The maximum absolute atomic E-state index is 12.9. The molecule has 1 fully saturated rings. The van der Waals surface area contributed by atoms with Crippen LogP contribution < -0.4 is 0 Å². The fraction of sp³-hybridized carbons (Fsp3) is 0.818. The van der Waals surface area contributed by atoms with Gasteiger partial charge in [-0.1, -0.05) is 0 Å². The van der Waals surface area contributed by atoms with Crippen molar-refractivity contribution in [1.82, 2.24) is 9.80 Å². The number of carboxylic acid groups (broad SMARTS) is 1. The molecule has 19 heavy (non-hydrogen) atoms. The van der Waals surface area contributed by atoms with Crippen molar-refractivity contribution < 1.29 is 27.9 Å². The number of hydrogen-bond acceptors (Lipinski definition) is 2. The summed E-state index contributed by atoms with van der Waals surface area (Å²) in [6, 6.07) is -0.544. The SMILES string of the molecule is CCN(CC)C(=O)N1CCC(C(=O)O)(C(F)(F)F)C1. The van der Waals surface area contributed by atoms with Crippen LogP contribution in [0.15, 0.2) is 0 Å². The van der Waals surface area contributed by atoms with Gasteiger partial charge in [-0.3, -0.25) is 4.79 Å². The maximum atomic E-state index is 12.9. The van der Waals surface area contributed by atoms with Crippen LogP contribution in [0, 0.1) is 5.41 Å². The first-order valence-corrected chi connectivity index (χ1v) is 6.03. The van der Waals surface area contributed by atoms with Crippen LogP contribution >= 0.6 is 0 Å². The van der Waals surface area contributed by atoms with E-state index in [1.54, 1.807) is 13.8 Å². The van der Waals surface area contributed by atoms with Gasteiger partial charge in [0.05, 0.1) is 0 Å². The van der Waals surface area contributed by atoms with Crippen molar-refractivity contribution in [3.05, 3.63) is 0 Å². The first kappa shape index (κ1) is 15.6. The molecule has 1 aliphatic rings. The average Bonchev–Trinajstić information content (AvgIpc) is 2.75. The third kappa shape index (κ3) is 2.62. The van der Waals surface area contributed by atoms with Gasteiger partial charge in [-0.15, -0.1) is 0 Å². The lowest BCUT2D eigenvalue weighted by molar-refractivity contribution is -0.227. The minimum atomic E-state index is -4.86. The number of urea groups is 1. The highest BCUT2D eigenvalue weighted by Gasteiger charge is 2.64. The molecule has 1 saturated heterocycles. The van der Waals surface area contributed by atoms with E-state index < -0.39 is 36.6 Å².